The predicted molar refractivity (Wildman–Crippen MR) is 131 cm³/mol. The Morgan fingerprint density at radius 1 is 1.00 bits per heavy atom. The summed E-state index contributed by atoms with van der Waals surface area (Å²) in [6, 6.07) is 5.58. The van der Waals surface area contributed by atoms with Crippen LogP contribution < -0.4 is 9.64 Å². The third-order valence-electron chi connectivity index (χ3n) is 4.86. The first kappa shape index (κ1) is 27.0. The van der Waals surface area contributed by atoms with Gasteiger partial charge in [0.25, 0.3) is 0 Å². The van der Waals surface area contributed by atoms with Gasteiger partial charge < -0.3 is 33.3 Å². The number of aromatic nitrogens is 1. The van der Waals surface area contributed by atoms with E-state index in [1.807, 2.05) is 12.1 Å². The summed E-state index contributed by atoms with van der Waals surface area (Å²) in [7, 11) is 1.61. The van der Waals surface area contributed by atoms with E-state index < -0.39 is 5.97 Å². The first-order valence-electron chi connectivity index (χ1n) is 11.5. The normalized spacial score (nSPS) is 17.0. The van der Waals surface area contributed by atoms with Gasteiger partial charge in [-0.2, -0.15) is 0 Å². The van der Waals surface area contributed by atoms with Crippen molar-refractivity contribution in [2.45, 2.75) is 6.92 Å². The average Bonchev–Trinajstić information content (AvgIpc) is 3.35. The van der Waals surface area contributed by atoms with Crippen LogP contribution >= 0.6 is 11.3 Å². The Morgan fingerprint density at radius 3 is 2.23 bits per heavy atom. The van der Waals surface area contributed by atoms with Crippen LogP contribution in [-0.2, 0) is 23.7 Å². The summed E-state index contributed by atoms with van der Waals surface area (Å²) in [4.78, 5) is 18.1. The fraction of sp³-hybridized carbons (Fsp3) is 0.565. The molecule has 1 aliphatic heterocycles. The third kappa shape index (κ3) is 9.15. The lowest BCUT2D eigenvalue weighted by atomic mass is 10.2. The molecule has 35 heavy (non-hydrogen) atoms. The molecule has 0 saturated carbocycles. The van der Waals surface area contributed by atoms with Gasteiger partial charge in [0, 0.05) is 24.5 Å². The summed E-state index contributed by atoms with van der Waals surface area (Å²) < 4.78 is 33.0. The second-order valence-electron chi connectivity index (χ2n) is 7.23. The maximum absolute atomic E-state index is 11.8. The molecule has 12 heteroatoms. The lowest BCUT2D eigenvalue weighted by Crippen LogP contribution is -2.31. The van der Waals surface area contributed by atoms with Crippen molar-refractivity contribution in [2.24, 2.45) is 10.2 Å². The highest BCUT2D eigenvalue weighted by Crippen LogP contribution is 2.33. The van der Waals surface area contributed by atoms with E-state index in [2.05, 4.69) is 20.1 Å². The molecule has 0 amide bonds. The van der Waals surface area contributed by atoms with Crippen molar-refractivity contribution in [3.8, 4) is 5.75 Å². The van der Waals surface area contributed by atoms with Crippen molar-refractivity contribution in [3.63, 3.8) is 0 Å². The van der Waals surface area contributed by atoms with Gasteiger partial charge in [0.15, 0.2) is 5.69 Å². The lowest BCUT2D eigenvalue weighted by Gasteiger charge is -2.26. The largest absolute Gasteiger partial charge is 0.495 e. The number of carbonyl (C=O) groups excluding carboxylic acids is 1. The monoisotopic (exact) mass is 508 g/mol. The standard InChI is InChI=1S/C23H32N4O7S/c1-3-34-22(28)19-17-35-23(24-19)26-25-18-4-5-20(21(16-18)29-2)27-6-8-30-10-12-32-14-15-33-13-11-31-9-7-27/h4-5,16-17H,3,6-15H2,1-2H3/b26-25+. The van der Waals surface area contributed by atoms with Crippen LogP contribution in [0.2, 0.25) is 0 Å². The molecule has 1 aromatic carbocycles. The first-order valence-corrected chi connectivity index (χ1v) is 12.4. The third-order valence-corrected chi connectivity index (χ3v) is 5.58. The van der Waals surface area contributed by atoms with Crippen LogP contribution in [0.5, 0.6) is 5.75 Å². The molecule has 1 saturated heterocycles. The number of hydrogen-bond acceptors (Lipinski definition) is 12. The fourth-order valence-electron chi connectivity index (χ4n) is 3.16. The number of nitrogens with zero attached hydrogens (tertiary/aromatic N) is 4. The molecule has 0 atom stereocenters. The number of esters is 1. The first-order chi connectivity index (χ1) is 17.2. The smallest absolute Gasteiger partial charge is 0.357 e. The minimum absolute atomic E-state index is 0.221. The van der Waals surface area contributed by atoms with Crippen LogP contribution in [0.4, 0.5) is 16.5 Å². The van der Waals surface area contributed by atoms with Crippen LogP contribution in [0.25, 0.3) is 0 Å². The molecule has 0 unspecified atom stereocenters. The second kappa shape index (κ2) is 15.4. The molecule has 0 radical (unpaired) electrons. The zero-order valence-corrected chi connectivity index (χ0v) is 21.0. The minimum atomic E-state index is -0.475. The van der Waals surface area contributed by atoms with Gasteiger partial charge >= 0.3 is 5.97 Å². The number of rotatable bonds is 6. The lowest BCUT2D eigenvalue weighted by molar-refractivity contribution is 0.00206. The van der Waals surface area contributed by atoms with Crippen LogP contribution in [0.1, 0.15) is 17.4 Å². The van der Waals surface area contributed by atoms with Crippen molar-refractivity contribution in [1.29, 1.82) is 0 Å². The maximum Gasteiger partial charge on any atom is 0.357 e. The minimum Gasteiger partial charge on any atom is -0.495 e. The number of anilines is 1. The quantitative estimate of drug-likeness (QED) is 0.426. The molecule has 2 heterocycles. The number of methoxy groups -OCH3 is 1. The van der Waals surface area contributed by atoms with Crippen molar-refractivity contribution in [3.05, 3.63) is 29.3 Å². The van der Waals surface area contributed by atoms with E-state index in [4.69, 9.17) is 28.4 Å². The summed E-state index contributed by atoms with van der Waals surface area (Å²) in [6.45, 7) is 7.63. The Kier molecular flexibility index (Phi) is 11.8. The molecule has 0 N–H and O–H groups in total. The Bertz CT molecular complexity index is 924. The van der Waals surface area contributed by atoms with Crippen LogP contribution in [0.3, 0.4) is 0 Å². The highest BCUT2D eigenvalue weighted by atomic mass is 32.1. The number of benzene rings is 1. The van der Waals surface area contributed by atoms with Crippen molar-refractivity contribution < 1.29 is 33.2 Å². The van der Waals surface area contributed by atoms with Gasteiger partial charge in [-0.3, -0.25) is 0 Å². The number of azo groups is 1. The average molecular weight is 509 g/mol. The number of thiazole rings is 1. The number of carbonyl (C=O) groups is 1. The van der Waals surface area contributed by atoms with Crippen LogP contribution in [-0.4, -0.2) is 90.6 Å². The van der Waals surface area contributed by atoms with E-state index in [9.17, 15) is 4.79 Å². The van der Waals surface area contributed by atoms with E-state index in [0.717, 1.165) is 5.69 Å². The predicted octanol–water partition coefficient (Wildman–Crippen LogP) is 3.63. The van der Waals surface area contributed by atoms with E-state index in [1.165, 1.54) is 11.3 Å². The highest BCUT2D eigenvalue weighted by molar-refractivity contribution is 7.13. The van der Waals surface area contributed by atoms with Gasteiger partial charge in [-0.15, -0.1) is 21.6 Å². The molecular formula is C23H32N4O7S. The summed E-state index contributed by atoms with van der Waals surface area (Å²) in [5.41, 5.74) is 1.71. The number of ether oxygens (including phenoxy) is 6. The summed E-state index contributed by atoms with van der Waals surface area (Å²) in [6.07, 6.45) is 0. The zero-order valence-electron chi connectivity index (χ0n) is 20.1. The molecule has 3 rings (SSSR count). The van der Waals surface area contributed by atoms with Gasteiger partial charge in [-0.25, -0.2) is 9.78 Å². The van der Waals surface area contributed by atoms with E-state index in [0.29, 0.717) is 82.5 Å². The Labute approximate surface area is 209 Å². The van der Waals surface area contributed by atoms with Crippen LogP contribution in [0.15, 0.2) is 33.8 Å². The second-order valence-corrected chi connectivity index (χ2v) is 8.07. The number of hydrogen-bond donors (Lipinski definition) is 0. The highest BCUT2D eigenvalue weighted by Gasteiger charge is 2.14. The summed E-state index contributed by atoms with van der Waals surface area (Å²) in [5.74, 6) is 0.175. The molecule has 0 bridgehead atoms. The van der Waals surface area contributed by atoms with Gasteiger partial charge in [-0.05, 0) is 19.1 Å². The van der Waals surface area contributed by atoms with E-state index in [1.54, 1.807) is 25.5 Å². The summed E-state index contributed by atoms with van der Waals surface area (Å²) >= 11 is 1.22. The molecule has 1 fully saturated rings. The SMILES string of the molecule is CCOC(=O)c1csc(/N=N/c2ccc(N3CCOCCOCCOCCOCC3)c(OC)c2)n1. The Morgan fingerprint density at radius 2 is 1.63 bits per heavy atom. The van der Waals surface area contributed by atoms with Crippen LogP contribution in [0, 0.1) is 0 Å². The maximum atomic E-state index is 11.8. The summed E-state index contributed by atoms with van der Waals surface area (Å²) in [5, 5.41) is 10.4. The van der Waals surface area contributed by atoms with Gasteiger partial charge in [0.05, 0.1) is 77.9 Å². The molecule has 1 aliphatic rings. The molecule has 11 nitrogen and oxygen atoms in total. The van der Waals surface area contributed by atoms with Crippen molar-refractivity contribution in [1.82, 2.24) is 4.98 Å². The molecule has 0 spiro atoms. The molecular weight excluding hydrogens is 476 g/mol. The molecule has 192 valence electrons. The van der Waals surface area contributed by atoms with Gasteiger partial charge in [0.2, 0.25) is 5.13 Å². The topological polar surface area (TPSA) is 113 Å². The van der Waals surface area contributed by atoms with Gasteiger partial charge in [-0.1, -0.05) is 0 Å². The molecule has 0 aliphatic carbocycles. The van der Waals surface area contributed by atoms with Gasteiger partial charge in [0.1, 0.15) is 5.75 Å². The van der Waals surface area contributed by atoms with E-state index >= 15 is 0 Å². The molecule has 1 aromatic heterocycles. The molecule has 2 aromatic rings. The van der Waals surface area contributed by atoms with E-state index in [-0.39, 0.29) is 12.3 Å². The Hall–Kier alpha value is -2.64. The van der Waals surface area contributed by atoms with Crippen molar-refractivity contribution in [2.75, 3.05) is 84.6 Å². The Balaban J connectivity index is 1.67. The van der Waals surface area contributed by atoms with Crippen molar-refractivity contribution >= 4 is 33.8 Å². The fourth-order valence-corrected chi connectivity index (χ4v) is 3.77. The zero-order chi connectivity index (χ0) is 24.7.